The molecule has 0 radical (unpaired) electrons. The van der Waals surface area contributed by atoms with Gasteiger partial charge in [-0.15, -0.1) is 0 Å². The molecule has 0 spiro atoms. The molecule has 2 amide bonds. The molecule has 0 aromatic heterocycles. The predicted octanol–water partition coefficient (Wildman–Crippen LogP) is 3.72. The zero-order valence-corrected chi connectivity index (χ0v) is 15.0. The number of carbonyl (C=O) groups is 2. The Balaban J connectivity index is 1.67. The molecule has 0 bridgehead atoms. The third kappa shape index (κ3) is 3.33. The number of rotatable bonds is 3. The van der Waals surface area contributed by atoms with E-state index >= 15 is 0 Å². The van der Waals surface area contributed by atoms with Crippen molar-refractivity contribution in [2.24, 2.45) is 5.41 Å². The first-order valence-corrected chi connectivity index (χ1v) is 9.04. The van der Waals surface area contributed by atoms with Gasteiger partial charge >= 0.3 is 0 Å². The van der Waals surface area contributed by atoms with Gasteiger partial charge in [-0.2, -0.15) is 0 Å². The molecule has 1 heterocycles. The highest BCUT2D eigenvalue weighted by atomic mass is 16.2. The summed E-state index contributed by atoms with van der Waals surface area (Å²) < 4.78 is 0. The molecule has 0 unspecified atom stereocenters. The first-order valence-electron chi connectivity index (χ1n) is 9.04. The van der Waals surface area contributed by atoms with Crippen molar-refractivity contribution in [3.63, 3.8) is 0 Å². The Hall–Kier alpha value is -1.84. The van der Waals surface area contributed by atoms with Crippen LogP contribution in [0.1, 0.15) is 58.4 Å². The van der Waals surface area contributed by atoms with Crippen LogP contribution in [0.2, 0.25) is 0 Å². The Morgan fingerprint density at radius 3 is 2.08 bits per heavy atom. The molecule has 4 heteroatoms. The van der Waals surface area contributed by atoms with E-state index in [0.717, 1.165) is 31.6 Å². The number of nitrogens with one attached hydrogen (secondary N) is 1. The molecule has 1 saturated heterocycles. The lowest BCUT2D eigenvalue weighted by Gasteiger charge is -2.30. The van der Waals surface area contributed by atoms with Crippen molar-refractivity contribution in [2.45, 2.75) is 58.3 Å². The Labute approximate surface area is 144 Å². The molecule has 1 aromatic carbocycles. The highest BCUT2D eigenvalue weighted by Gasteiger charge is 2.58. The summed E-state index contributed by atoms with van der Waals surface area (Å²) in [7, 11) is 0. The predicted molar refractivity (Wildman–Crippen MR) is 95.9 cm³/mol. The molecule has 1 aliphatic heterocycles. The van der Waals surface area contributed by atoms with Crippen LogP contribution >= 0.6 is 0 Å². The first kappa shape index (κ1) is 17.0. The molecular formula is C20H28N2O2. The lowest BCUT2D eigenvalue weighted by atomic mass is 9.87. The maximum atomic E-state index is 12.8. The SMILES string of the molecule is CC(C)(C)c1ccc(NC(=O)C2(C(=O)N3CCCCC3)CC2)cc1. The van der Waals surface area contributed by atoms with E-state index in [9.17, 15) is 9.59 Å². The van der Waals surface area contributed by atoms with E-state index in [1.54, 1.807) is 0 Å². The zero-order chi connectivity index (χ0) is 17.4. The molecule has 1 aromatic rings. The normalized spacial score (nSPS) is 19.7. The fourth-order valence-electron chi connectivity index (χ4n) is 3.37. The van der Waals surface area contributed by atoms with Crippen LogP contribution in [0.15, 0.2) is 24.3 Å². The minimum absolute atomic E-state index is 0.0333. The highest BCUT2D eigenvalue weighted by molar-refractivity contribution is 6.13. The maximum Gasteiger partial charge on any atom is 0.240 e. The van der Waals surface area contributed by atoms with Gasteiger partial charge in [-0.3, -0.25) is 9.59 Å². The second kappa shape index (κ2) is 6.23. The van der Waals surface area contributed by atoms with Crippen LogP contribution in [0.3, 0.4) is 0 Å². The van der Waals surface area contributed by atoms with Crippen molar-refractivity contribution >= 4 is 17.5 Å². The number of amides is 2. The first-order chi connectivity index (χ1) is 11.3. The van der Waals surface area contributed by atoms with E-state index in [1.807, 2.05) is 29.2 Å². The molecule has 2 fully saturated rings. The van der Waals surface area contributed by atoms with Crippen molar-refractivity contribution in [1.29, 1.82) is 0 Å². The average Bonchev–Trinajstić information content (AvgIpc) is 3.36. The molecular weight excluding hydrogens is 300 g/mol. The number of hydrogen-bond donors (Lipinski definition) is 1. The number of nitrogens with zero attached hydrogens (tertiary/aromatic N) is 1. The minimum atomic E-state index is -0.806. The van der Waals surface area contributed by atoms with Crippen LogP contribution < -0.4 is 5.32 Å². The van der Waals surface area contributed by atoms with Crippen molar-refractivity contribution in [3.8, 4) is 0 Å². The smallest absolute Gasteiger partial charge is 0.240 e. The summed E-state index contributed by atoms with van der Waals surface area (Å²) in [5.41, 5.74) is 1.28. The number of likely N-dealkylation sites (tertiary alicyclic amines) is 1. The van der Waals surface area contributed by atoms with Gasteiger partial charge in [-0.05, 0) is 55.2 Å². The van der Waals surface area contributed by atoms with E-state index in [0.29, 0.717) is 12.8 Å². The fraction of sp³-hybridized carbons (Fsp3) is 0.600. The Bertz CT molecular complexity index is 618. The van der Waals surface area contributed by atoms with Crippen LogP contribution in [0, 0.1) is 5.41 Å². The monoisotopic (exact) mass is 328 g/mol. The van der Waals surface area contributed by atoms with Crippen molar-refractivity contribution in [3.05, 3.63) is 29.8 Å². The summed E-state index contributed by atoms with van der Waals surface area (Å²) in [5.74, 6) is -0.104. The summed E-state index contributed by atoms with van der Waals surface area (Å²) in [6, 6.07) is 7.95. The van der Waals surface area contributed by atoms with Crippen molar-refractivity contribution < 1.29 is 9.59 Å². The third-order valence-corrected chi connectivity index (χ3v) is 5.25. The van der Waals surface area contributed by atoms with Gasteiger partial charge in [0.15, 0.2) is 0 Å². The van der Waals surface area contributed by atoms with Gasteiger partial charge < -0.3 is 10.2 Å². The van der Waals surface area contributed by atoms with Gasteiger partial charge in [0, 0.05) is 18.8 Å². The average molecular weight is 328 g/mol. The van der Waals surface area contributed by atoms with Crippen LogP contribution in [0.4, 0.5) is 5.69 Å². The van der Waals surface area contributed by atoms with Gasteiger partial charge in [-0.25, -0.2) is 0 Å². The third-order valence-electron chi connectivity index (χ3n) is 5.25. The van der Waals surface area contributed by atoms with Crippen molar-refractivity contribution in [1.82, 2.24) is 4.90 Å². The van der Waals surface area contributed by atoms with E-state index < -0.39 is 5.41 Å². The Kier molecular flexibility index (Phi) is 4.41. The maximum absolute atomic E-state index is 12.8. The number of carbonyl (C=O) groups excluding carboxylic acids is 2. The van der Waals surface area contributed by atoms with Gasteiger partial charge in [-0.1, -0.05) is 32.9 Å². The summed E-state index contributed by atoms with van der Waals surface area (Å²) in [4.78, 5) is 27.4. The molecule has 130 valence electrons. The molecule has 24 heavy (non-hydrogen) atoms. The second-order valence-corrected chi connectivity index (χ2v) is 8.22. The number of hydrogen-bond acceptors (Lipinski definition) is 2. The quantitative estimate of drug-likeness (QED) is 0.860. The van der Waals surface area contributed by atoms with E-state index in [2.05, 4.69) is 26.1 Å². The zero-order valence-electron chi connectivity index (χ0n) is 15.0. The van der Waals surface area contributed by atoms with E-state index in [4.69, 9.17) is 0 Å². The summed E-state index contributed by atoms with van der Waals surface area (Å²) >= 11 is 0. The largest absolute Gasteiger partial charge is 0.342 e. The highest BCUT2D eigenvalue weighted by Crippen LogP contribution is 2.48. The Morgan fingerprint density at radius 2 is 1.58 bits per heavy atom. The molecule has 1 N–H and O–H groups in total. The van der Waals surface area contributed by atoms with E-state index in [1.165, 1.54) is 12.0 Å². The summed E-state index contributed by atoms with van der Waals surface area (Å²) in [6.07, 6.45) is 4.64. The molecule has 0 atom stereocenters. The molecule has 1 aliphatic carbocycles. The van der Waals surface area contributed by atoms with Gasteiger partial charge in [0.25, 0.3) is 0 Å². The van der Waals surface area contributed by atoms with E-state index in [-0.39, 0.29) is 17.2 Å². The van der Waals surface area contributed by atoms with Crippen LogP contribution in [-0.2, 0) is 15.0 Å². The van der Waals surface area contributed by atoms with Crippen LogP contribution in [-0.4, -0.2) is 29.8 Å². The Morgan fingerprint density at radius 1 is 1.00 bits per heavy atom. The fourth-order valence-corrected chi connectivity index (χ4v) is 3.37. The number of anilines is 1. The topological polar surface area (TPSA) is 49.4 Å². The second-order valence-electron chi connectivity index (χ2n) is 8.22. The molecule has 3 rings (SSSR count). The van der Waals surface area contributed by atoms with Crippen LogP contribution in [0.5, 0.6) is 0 Å². The minimum Gasteiger partial charge on any atom is -0.342 e. The molecule has 1 saturated carbocycles. The van der Waals surface area contributed by atoms with Gasteiger partial charge in [0.1, 0.15) is 5.41 Å². The summed E-state index contributed by atoms with van der Waals surface area (Å²) in [6.45, 7) is 8.09. The lowest BCUT2D eigenvalue weighted by molar-refractivity contribution is -0.143. The lowest BCUT2D eigenvalue weighted by Crippen LogP contribution is -2.45. The van der Waals surface area contributed by atoms with Crippen molar-refractivity contribution in [2.75, 3.05) is 18.4 Å². The number of piperidine rings is 1. The summed E-state index contributed by atoms with van der Waals surface area (Å²) in [5, 5.41) is 2.96. The molecule has 4 nitrogen and oxygen atoms in total. The van der Waals surface area contributed by atoms with Gasteiger partial charge in [0.2, 0.25) is 11.8 Å². The molecule has 2 aliphatic rings. The van der Waals surface area contributed by atoms with Crippen LogP contribution in [0.25, 0.3) is 0 Å². The standard InChI is InChI=1S/C20H28N2O2/c1-19(2,3)15-7-9-16(10-8-15)21-17(23)20(11-12-20)18(24)22-13-5-4-6-14-22/h7-10H,4-6,11-14H2,1-3H3,(H,21,23). The number of benzene rings is 1. The van der Waals surface area contributed by atoms with Gasteiger partial charge in [0.05, 0.1) is 0 Å².